The van der Waals surface area contributed by atoms with Gasteiger partial charge in [0.1, 0.15) is 0 Å². The minimum absolute atomic E-state index is 0.0851. The van der Waals surface area contributed by atoms with Crippen LogP contribution in [0.25, 0.3) is 0 Å². The van der Waals surface area contributed by atoms with Crippen LogP contribution in [-0.4, -0.2) is 43.4 Å². The fourth-order valence-electron chi connectivity index (χ4n) is 3.71. The Hall–Kier alpha value is -3.23. The number of alkyl halides is 3. The first-order valence-electron chi connectivity index (χ1n) is 11.0. The number of amides is 1. The number of benzene rings is 2. The summed E-state index contributed by atoms with van der Waals surface area (Å²) < 4.78 is 49.3. The van der Waals surface area contributed by atoms with Gasteiger partial charge in [0.25, 0.3) is 0 Å². The molecule has 0 unspecified atom stereocenters. The Morgan fingerprint density at radius 3 is 2.38 bits per heavy atom. The predicted molar refractivity (Wildman–Crippen MR) is 122 cm³/mol. The van der Waals surface area contributed by atoms with Gasteiger partial charge in [0.05, 0.1) is 32.0 Å². The number of methoxy groups -OCH3 is 2. The molecule has 1 atom stereocenters. The fraction of sp³-hybridized carbons (Fsp3) is 0.440. The first kappa shape index (κ1) is 25.4. The van der Waals surface area contributed by atoms with E-state index in [4.69, 9.17) is 14.3 Å². The highest BCUT2D eigenvalue weighted by Crippen LogP contribution is 2.31. The minimum atomic E-state index is -4.40. The van der Waals surface area contributed by atoms with Crippen LogP contribution >= 0.6 is 0 Å². The van der Waals surface area contributed by atoms with E-state index >= 15 is 0 Å². The van der Waals surface area contributed by atoms with Gasteiger partial charge < -0.3 is 19.2 Å². The van der Waals surface area contributed by atoms with E-state index in [9.17, 15) is 18.0 Å². The average Bonchev–Trinajstić information content (AvgIpc) is 3.26. The smallest absolute Gasteiger partial charge is 0.416 e. The Balaban J connectivity index is 1.70. The normalized spacial score (nSPS) is 15.6. The molecule has 0 spiro atoms. The van der Waals surface area contributed by atoms with Gasteiger partial charge in [-0.25, -0.2) is 0 Å². The van der Waals surface area contributed by atoms with Gasteiger partial charge in [-0.15, -0.1) is 0 Å². The summed E-state index contributed by atoms with van der Waals surface area (Å²) >= 11 is 0. The van der Waals surface area contributed by atoms with Gasteiger partial charge in [0, 0.05) is 24.9 Å². The van der Waals surface area contributed by atoms with E-state index in [-0.39, 0.29) is 31.0 Å². The summed E-state index contributed by atoms with van der Waals surface area (Å²) in [6.45, 7) is 4.35. The maximum absolute atomic E-state index is 12.9. The molecule has 3 rings (SSSR count). The highest BCUT2D eigenvalue weighted by atomic mass is 19.4. The number of hydrogen-bond donors (Lipinski definition) is 0. The summed E-state index contributed by atoms with van der Waals surface area (Å²) in [6, 6.07) is 10.3. The van der Waals surface area contributed by atoms with E-state index < -0.39 is 11.7 Å². The molecule has 1 aliphatic rings. The molecular weight excluding hydrogens is 449 g/mol. The van der Waals surface area contributed by atoms with E-state index in [1.54, 1.807) is 25.2 Å². The van der Waals surface area contributed by atoms with Crippen molar-refractivity contribution in [3.05, 3.63) is 59.2 Å². The maximum atomic E-state index is 12.9. The molecule has 34 heavy (non-hydrogen) atoms. The van der Waals surface area contributed by atoms with Crippen molar-refractivity contribution in [2.45, 2.75) is 45.5 Å². The zero-order valence-electron chi connectivity index (χ0n) is 19.7. The Bertz CT molecular complexity index is 1020. The van der Waals surface area contributed by atoms with Crippen molar-refractivity contribution >= 4 is 11.6 Å². The number of carbonyl (C=O) groups is 1. The molecule has 2 aromatic carbocycles. The lowest BCUT2D eigenvalue weighted by molar-refractivity contribution is -0.138. The second kappa shape index (κ2) is 10.8. The van der Waals surface area contributed by atoms with Crippen molar-refractivity contribution in [1.82, 2.24) is 4.90 Å². The molecule has 1 amide bonds. The second-order valence-corrected chi connectivity index (χ2v) is 8.61. The molecule has 9 heteroatoms. The summed E-state index contributed by atoms with van der Waals surface area (Å²) in [6.07, 6.45) is -3.96. The maximum Gasteiger partial charge on any atom is 0.416 e. The minimum Gasteiger partial charge on any atom is -0.493 e. The third kappa shape index (κ3) is 6.42. The zero-order valence-corrected chi connectivity index (χ0v) is 19.7. The van der Waals surface area contributed by atoms with Crippen molar-refractivity contribution in [1.29, 1.82) is 0 Å². The fourth-order valence-corrected chi connectivity index (χ4v) is 3.71. The van der Waals surface area contributed by atoms with Gasteiger partial charge in [0.2, 0.25) is 5.91 Å². The van der Waals surface area contributed by atoms with E-state index in [1.165, 1.54) is 12.1 Å². The number of hydrogen-bond acceptors (Lipinski definition) is 5. The summed E-state index contributed by atoms with van der Waals surface area (Å²) in [7, 11) is 3.11. The Morgan fingerprint density at radius 1 is 1.12 bits per heavy atom. The monoisotopic (exact) mass is 478 g/mol. The molecule has 0 bridgehead atoms. The highest BCUT2D eigenvalue weighted by molar-refractivity contribution is 6.01. The van der Waals surface area contributed by atoms with Gasteiger partial charge in [-0.05, 0) is 41.8 Å². The lowest BCUT2D eigenvalue weighted by Gasteiger charge is -2.26. The molecule has 1 aliphatic heterocycles. The Labute approximate surface area is 197 Å². The van der Waals surface area contributed by atoms with Gasteiger partial charge in [-0.3, -0.25) is 4.79 Å². The average molecular weight is 479 g/mol. The Kier molecular flexibility index (Phi) is 8.06. The number of ether oxygens (including phenoxy) is 2. The number of halogens is 3. The summed E-state index contributed by atoms with van der Waals surface area (Å²) in [4.78, 5) is 20.1. The van der Waals surface area contributed by atoms with Crippen molar-refractivity contribution < 1.29 is 32.3 Å². The largest absolute Gasteiger partial charge is 0.493 e. The van der Waals surface area contributed by atoms with Crippen LogP contribution < -0.4 is 9.47 Å². The molecular formula is C25H29F3N2O4. The van der Waals surface area contributed by atoms with E-state index in [0.717, 1.165) is 23.4 Å². The molecule has 1 heterocycles. The van der Waals surface area contributed by atoms with Crippen LogP contribution in [0.4, 0.5) is 13.2 Å². The van der Waals surface area contributed by atoms with E-state index in [0.29, 0.717) is 29.9 Å². The van der Waals surface area contributed by atoms with Crippen molar-refractivity contribution in [2.75, 3.05) is 20.8 Å². The first-order valence-corrected chi connectivity index (χ1v) is 11.0. The molecule has 184 valence electrons. The predicted octanol–water partition coefficient (Wildman–Crippen LogP) is 5.29. The highest BCUT2D eigenvalue weighted by Gasteiger charge is 2.31. The van der Waals surface area contributed by atoms with E-state index in [1.807, 2.05) is 26.0 Å². The van der Waals surface area contributed by atoms with Crippen LogP contribution in [0.15, 0.2) is 47.6 Å². The molecule has 2 aromatic rings. The third-order valence-corrected chi connectivity index (χ3v) is 5.46. The van der Waals surface area contributed by atoms with Crippen LogP contribution in [-0.2, 0) is 22.4 Å². The number of carbonyl (C=O) groups excluding carboxylic acids is 1. The summed E-state index contributed by atoms with van der Waals surface area (Å²) in [5.41, 5.74) is 1.44. The molecule has 6 nitrogen and oxygen atoms in total. The SMILES string of the molecule is COc1ccc(C2=NO[C@H](CN(Cc3ccc(C(F)(F)F)cc3)C(=O)CC(C)C)C2)cc1OC. The molecule has 0 fully saturated rings. The second-order valence-electron chi connectivity index (χ2n) is 8.61. The lowest BCUT2D eigenvalue weighted by Crippen LogP contribution is -2.37. The molecule has 0 aliphatic carbocycles. The van der Waals surface area contributed by atoms with Crippen molar-refractivity contribution in [3.63, 3.8) is 0 Å². The topological polar surface area (TPSA) is 60.4 Å². The van der Waals surface area contributed by atoms with Crippen LogP contribution in [0.2, 0.25) is 0 Å². The first-order chi connectivity index (χ1) is 16.1. The lowest BCUT2D eigenvalue weighted by atomic mass is 10.0. The van der Waals surface area contributed by atoms with Gasteiger partial charge >= 0.3 is 6.18 Å². The van der Waals surface area contributed by atoms with Crippen molar-refractivity contribution in [2.24, 2.45) is 11.1 Å². The van der Waals surface area contributed by atoms with Crippen LogP contribution in [0.3, 0.4) is 0 Å². The van der Waals surface area contributed by atoms with E-state index in [2.05, 4.69) is 5.16 Å². The number of nitrogens with zero attached hydrogens (tertiary/aromatic N) is 2. The molecule has 0 aromatic heterocycles. The summed E-state index contributed by atoms with van der Waals surface area (Å²) in [5, 5.41) is 4.19. The molecule has 0 saturated heterocycles. The number of rotatable bonds is 9. The zero-order chi connectivity index (χ0) is 24.9. The van der Waals surface area contributed by atoms with Crippen LogP contribution in [0.5, 0.6) is 11.5 Å². The van der Waals surface area contributed by atoms with Crippen LogP contribution in [0, 0.1) is 5.92 Å². The number of oxime groups is 1. The molecule has 0 radical (unpaired) electrons. The third-order valence-electron chi connectivity index (χ3n) is 5.46. The van der Waals surface area contributed by atoms with Crippen LogP contribution in [0.1, 0.15) is 43.4 Å². The quantitative estimate of drug-likeness (QED) is 0.491. The molecule has 0 saturated carbocycles. The van der Waals surface area contributed by atoms with Gasteiger partial charge in [-0.1, -0.05) is 31.1 Å². The van der Waals surface area contributed by atoms with Gasteiger partial charge in [0.15, 0.2) is 17.6 Å². The van der Waals surface area contributed by atoms with Gasteiger partial charge in [-0.2, -0.15) is 13.2 Å². The standard InChI is InChI=1S/C25H29F3N2O4/c1-16(2)11-24(31)30(14-17-5-8-19(9-6-17)25(26,27)28)15-20-13-21(29-34-20)18-7-10-22(32-3)23(12-18)33-4/h5-10,12,16,20H,11,13-15H2,1-4H3/t20-/m0/s1. The van der Waals surface area contributed by atoms with Crippen molar-refractivity contribution in [3.8, 4) is 11.5 Å². The summed E-state index contributed by atoms with van der Waals surface area (Å²) in [5.74, 6) is 1.23. The molecule has 0 N–H and O–H groups in total. The Morgan fingerprint density at radius 2 is 1.79 bits per heavy atom.